The van der Waals surface area contributed by atoms with Gasteiger partial charge in [-0.15, -0.1) is 10.2 Å². The molecule has 0 saturated carbocycles. The van der Waals surface area contributed by atoms with Crippen LogP contribution < -0.4 is 0 Å². The van der Waals surface area contributed by atoms with Gasteiger partial charge < -0.3 is 8.99 Å². The van der Waals surface area contributed by atoms with Gasteiger partial charge in [0.15, 0.2) is 25.8 Å². The molecule has 0 radical (unpaired) electrons. The number of nitrogens with zero attached hydrogens (tertiary/aromatic N) is 3. The fourth-order valence-electron chi connectivity index (χ4n) is 3.86. The zero-order valence-corrected chi connectivity index (χ0v) is 23.7. The molecule has 2 heterocycles. The molecule has 35 heavy (non-hydrogen) atoms. The molecule has 4 rings (SSSR count). The van der Waals surface area contributed by atoms with Crippen LogP contribution in [-0.4, -0.2) is 40.2 Å². The van der Waals surface area contributed by atoms with Crippen molar-refractivity contribution < 1.29 is 13.2 Å². The number of hydrogen-bond acceptors (Lipinski definition) is 4. The molecule has 0 saturated heterocycles. The Labute approximate surface area is 216 Å². The van der Waals surface area contributed by atoms with Crippen LogP contribution in [0.5, 0.6) is 0 Å². The number of hydrogen-bond donors (Lipinski definition) is 0. The molecule has 9 heteroatoms. The van der Waals surface area contributed by atoms with Crippen LogP contribution in [-0.2, 0) is 17.4 Å². The predicted molar refractivity (Wildman–Crippen MR) is 144 cm³/mol. The minimum atomic E-state index is -1.86. The SMILES string of the molecule is CC1(CO[Si](C)(C)C(C)(C)C)Cc2nnc(-c3ccc(-c4ccc(F)c(F)c4)cc3Cl)n2CCS1. The molecule has 1 unspecified atom stereocenters. The quantitative estimate of drug-likeness (QED) is 0.315. The zero-order chi connectivity index (χ0) is 25.6. The van der Waals surface area contributed by atoms with Gasteiger partial charge >= 0.3 is 0 Å². The van der Waals surface area contributed by atoms with Crippen LogP contribution in [0.3, 0.4) is 0 Å². The van der Waals surface area contributed by atoms with Crippen LogP contribution in [0.1, 0.15) is 33.5 Å². The van der Waals surface area contributed by atoms with E-state index in [0.29, 0.717) is 22.8 Å². The predicted octanol–water partition coefficient (Wildman–Crippen LogP) is 7.61. The lowest BCUT2D eigenvalue weighted by atomic mass is 10.0. The highest BCUT2D eigenvalue weighted by Crippen LogP contribution is 2.40. The molecule has 0 bridgehead atoms. The van der Waals surface area contributed by atoms with Crippen molar-refractivity contribution in [3.05, 3.63) is 58.9 Å². The van der Waals surface area contributed by atoms with E-state index in [1.54, 1.807) is 6.07 Å². The lowest BCUT2D eigenvalue weighted by molar-refractivity contribution is 0.252. The van der Waals surface area contributed by atoms with E-state index in [1.807, 2.05) is 23.9 Å². The average Bonchev–Trinajstić information content (AvgIpc) is 3.06. The summed E-state index contributed by atoms with van der Waals surface area (Å²) in [5.74, 6) is 0.801. The summed E-state index contributed by atoms with van der Waals surface area (Å²) in [6.07, 6.45) is 0.754. The number of thioether (sulfide) groups is 1. The number of halogens is 3. The van der Waals surface area contributed by atoms with Gasteiger partial charge in [0, 0.05) is 35.6 Å². The van der Waals surface area contributed by atoms with Crippen molar-refractivity contribution in [2.75, 3.05) is 12.4 Å². The van der Waals surface area contributed by atoms with E-state index in [4.69, 9.17) is 16.0 Å². The first-order chi connectivity index (χ1) is 16.3. The Morgan fingerprint density at radius 2 is 1.77 bits per heavy atom. The molecule has 1 aliphatic rings. The minimum absolute atomic E-state index is 0.0889. The summed E-state index contributed by atoms with van der Waals surface area (Å²) in [6, 6.07) is 9.30. The monoisotopic (exact) mass is 535 g/mol. The summed E-state index contributed by atoms with van der Waals surface area (Å²) < 4.78 is 35.7. The van der Waals surface area contributed by atoms with Gasteiger partial charge in [-0.05, 0) is 60.4 Å². The van der Waals surface area contributed by atoms with Gasteiger partial charge in [-0.2, -0.15) is 11.8 Å². The summed E-state index contributed by atoms with van der Waals surface area (Å²) in [6.45, 7) is 15.0. The normalized spacial score (nSPS) is 18.9. The molecule has 1 aliphatic heterocycles. The Morgan fingerprint density at radius 3 is 2.43 bits per heavy atom. The van der Waals surface area contributed by atoms with Crippen molar-refractivity contribution in [2.24, 2.45) is 0 Å². The van der Waals surface area contributed by atoms with E-state index < -0.39 is 20.0 Å². The molecule has 3 aromatic rings. The molecule has 1 aromatic heterocycles. The van der Waals surface area contributed by atoms with Gasteiger partial charge in [-0.3, -0.25) is 0 Å². The molecule has 0 aliphatic carbocycles. The molecule has 4 nitrogen and oxygen atoms in total. The minimum Gasteiger partial charge on any atom is -0.415 e. The summed E-state index contributed by atoms with van der Waals surface area (Å²) in [4.78, 5) is 0. The molecule has 0 spiro atoms. The molecule has 0 amide bonds. The first kappa shape index (κ1) is 26.3. The molecule has 0 fully saturated rings. The summed E-state index contributed by atoms with van der Waals surface area (Å²) in [5.41, 5.74) is 2.04. The van der Waals surface area contributed by atoms with E-state index in [-0.39, 0.29) is 9.79 Å². The lowest BCUT2D eigenvalue weighted by Gasteiger charge is -2.39. The van der Waals surface area contributed by atoms with Crippen LogP contribution in [0, 0.1) is 11.6 Å². The van der Waals surface area contributed by atoms with E-state index in [1.165, 1.54) is 12.1 Å². The summed E-state index contributed by atoms with van der Waals surface area (Å²) in [5, 5.41) is 9.67. The second kappa shape index (κ2) is 9.61. The van der Waals surface area contributed by atoms with Crippen LogP contribution in [0.2, 0.25) is 23.2 Å². The second-order valence-electron chi connectivity index (χ2n) is 10.9. The van der Waals surface area contributed by atoms with Crippen LogP contribution >= 0.6 is 23.4 Å². The van der Waals surface area contributed by atoms with Crippen molar-refractivity contribution >= 4 is 31.7 Å². The fraction of sp³-hybridized carbons (Fsp3) is 0.462. The highest BCUT2D eigenvalue weighted by Gasteiger charge is 2.40. The summed E-state index contributed by atoms with van der Waals surface area (Å²) in [7, 11) is -1.86. The highest BCUT2D eigenvalue weighted by atomic mass is 35.5. The Morgan fingerprint density at radius 1 is 1.09 bits per heavy atom. The van der Waals surface area contributed by atoms with E-state index in [2.05, 4.69) is 55.6 Å². The van der Waals surface area contributed by atoms with Gasteiger partial charge in [0.25, 0.3) is 0 Å². The first-order valence-corrected chi connectivity index (χ1v) is 16.0. The van der Waals surface area contributed by atoms with E-state index in [0.717, 1.165) is 42.0 Å². The van der Waals surface area contributed by atoms with Gasteiger partial charge in [-0.1, -0.05) is 44.5 Å². The molecule has 188 valence electrons. The van der Waals surface area contributed by atoms with E-state index >= 15 is 0 Å². The molecule has 0 N–H and O–H groups in total. The Hall–Kier alpha value is -1.74. The maximum atomic E-state index is 13.7. The number of aromatic nitrogens is 3. The van der Waals surface area contributed by atoms with E-state index in [9.17, 15) is 8.78 Å². The number of fused-ring (bicyclic) bond motifs is 1. The van der Waals surface area contributed by atoms with Crippen molar-refractivity contribution in [3.8, 4) is 22.5 Å². The van der Waals surface area contributed by atoms with Crippen LogP contribution in [0.4, 0.5) is 8.78 Å². The van der Waals surface area contributed by atoms with Crippen molar-refractivity contribution in [1.29, 1.82) is 0 Å². The zero-order valence-electron chi connectivity index (χ0n) is 21.1. The third kappa shape index (κ3) is 5.50. The maximum absolute atomic E-state index is 13.7. The Kier molecular flexibility index (Phi) is 7.23. The van der Waals surface area contributed by atoms with Crippen molar-refractivity contribution in [3.63, 3.8) is 0 Å². The van der Waals surface area contributed by atoms with Crippen molar-refractivity contribution in [2.45, 2.75) is 63.5 Å². The first-order valence-electron chi connectivity index (χ1n) is 11.7. The van der Waals surface area contributed by atoms with Crippen molar-refractivity contribution in [1.82, 2.24) is 14.8 Å². The lowest BCUT2D eigenvalue weighted by Crippen LogP contribution is -2.45. The average molecular weight is 536 g/mol. The topological polar surface area (TPSA) is 39.9 Å². The number of benzene rings is 2. The summed E-state index contributed by atoms with van der Waals surface area (Å²) >= 11 is 8.57. The third-order valence-corrected chi connectivity index (χ3v) is 13.3. The number of rotatable bonds is 5. The molecular formula is C26H32ClF2N3OSSi. The van der Waals surface area contributed by atoms with Gasteiger partial charge in [-0.25, -0.2) is 8.78 Å². The maximum Gasteiger partial charge on any atom is 0.192 e. The standard InChI is InChI=1S/C26H32ClF2N3OSSi/c1-25(2,3)35(5,6)33-16-26(4)15-23-30-31-24(32(23)11-12-34-26)19-9-7-17(13-20(19)27)18-8-10-21(28)22(29)14-18/h7-10,13-14H,11-12,15-16H2,1-6H3. The third-order valence-electron chi connectivity index (χ3n) is 7.13. The van der Waals surface area contributed by atoms with Crippen LogP contribution in [0.15, 0.2) is 36.4 Å². The molecule has 2 aromatic carbocycles. The Balaban J connectivity index is 1.58. The Bertz CT molecular complexity index is 1240. The molecule has 1 atom stereocenters. The largest absolute Gasteiger partial charge is 0.415 e. The fourth-order valence-corrected chi connectivity index (χ4v) is 6.49. The second-order valence-corrected chi connectivity index (χ2v) is 17.8. The van der Waals surface area contributed by atoms with Gasteiger partial charge in [0.1, 0.15) is 5.82 Å². The molecular weight excluding hydrogens is 504 g/mol. The van der Waals surface area contributed by atoms with Gasteiger partial charge in [0.2, 0.25) is 0 Å². The van der Waals surface area contributed by atoms with Gasteiger partial charge in [0.05, 0.1) is 5.02 Å². The smallest absolute Gasteiger partial charge is 0.192 e. The van der Waals surface area contributed by atoms with Crippen LogP contribution in [0.25, 0.3) is 22.5 Å². The highest BCUT2D eigenvalue weighted by molar-refractivity contribution is 8.00.